The molecule has 0 radical (unpaired) electrons. The number of hydrogen-bond donors (Lipinski definition) is 0. The summed E-state index contributed by atoms with van der Waals surface area (Å²) in [4.78, 5) is 15.2. The highest BCUT2D eigenvalue weighted by atomic mass is 15.0. The molecule has 0 N–H and O–H groups in total. The number of rotatable bonds is 6. The molecule has 0 aliphatic carbocycles. The summed E-state index contributed by atoms with van der Waals surface area (Å²) in [6, 6.07) is 46.0. The second-order valence-electron chi connectivity index (χ2n) is 11.8. The Morgan fingerprint density at radius 3 is 1.88 bits per heavy atom. The normalized spacial score (nSPS) is 12.7. The molecule has 0 aliphatic rings. The molecule has 0 saturated carbocycles. The van der Waals surface area contributed by atoms with Gasteiger partial charge in [0.05, 0.1) is 29.5 Å². The Morgan fingerprint density at radius 2 is 1.06 bits per heavy atom. The highest BCUT2D eigenvalue weighted by molar-refractivity contribution is 5.94. The van der Waals surface area contributed by atoms with Crippen LogP contribution in [0.4, 0.5) is 0 Å². The molecule has 6 aromatic carbocycles. The minimum atomic E-state index is -0.440. The summed E-state index contributed by atoms with van der Waals surface area (Å²) in [5.41, 5.74) is 9.84. The molecule has 0 bridgehead atoms. The fourth-order valence-electron chi connectivity index (χ4n) is 6.40. The first kappa shape index (κ1) is 23.6. The molecule has 3 heterocycles. The first-order chi connectivity index (χ1) is 26.4. The minimum Gasteiger partial charge on any atom is -0.299 e. The van der Waals surface area contributed by atoms with Gasteiger partial charge in [-0.3, -0.25) is 4.40 Å². The van der Waals surface area contributed by atoms with E-state index in [9.17, 15) is 0 Å². The van der Waals surface area contributed by atoms with E-state index in [1.165, 1.54) is 0 Å². The molecule has 230 valence electrons. The van der Waals surface area contributed by atoms with Crippen molar-refractivity contribution in [2.75, 3.05) is 0 Å². The number of para-hydroxylation sites is 1. The van der Waals surface area contributed by atoms with Crippen molar-refractivity contribution < 1.29 is 6.85 Å². The van der Waals surface area contributed by atoms with Crippen LogP contribution in [0.5, 0.6) is 0 Å². The van der Waals surface area contributed by atoms with Gasteiger partial charge in [-0.2, -0.15) is 0 Å². The van der Waals surface area contributed by atoms with Crippen LogP contribution in [0.25, 0.3) is 84.0 Å². The van der Waals surface area contributed by atoms with Gasteiger partial charge in [0.2, 0.25) is 0 Å². The van der Waals surface area contributed by atoms with Gasteiger partial charge in [0, 0.05) is 33.8 Å². The van der Waals surface area contributed by atoms with Gasteiger partial charge in [0.1, 0.15) is 5.65 Å². The highest BCUT2D eigenvalue weighted by Crippen LogP contribution is 2.38. The van der Waals surface area contributed by atoms with Gasteiger partial charge in [0.25, 0.3) is 0 Å². The average Bonchev–Trinajstić information content (AvgIpc) is 3.62. The molecule has 0 aliphatic heterocycles. The summed E-state index contributed by atoms with van der Waals surface area (Å²) in [6.45, 7) is 0. The van der Waals surface area contributed by atoms with Crippen LogP contribution in [-0.4, -0.2) is 19.4 Å². The molecule has 4 nitrogen and oxygen atoms in total. The molecular weight excluding hydrogens is 597 g/mol. The van der Waals surface area contributed by atoms with E-state index in [0.717, 1.165) is 61.4 Å². The third-order valence-corrected chi connectivity index (χ3v) is 8.68. The summed E-state index contributed by atoms with van der Waals surface area (Å²) in [5, 5.41) is 0.906. The second kappa shape index (κ2) is 12.2. The molecule has 0 fully saturated rings. The first-order valence-electron chi connectivity index (χ1n) is 18.5. The van der Waals surface area contributed by atoms with Crippen LogP contribution in [0.1, 0.15) is 6.85 Å². The summed E-state index contributed by atoms with van der Waals surface area (Å²) in [5.74, 6) is 0.450. The van der Waals surface area contributed by atoms with Gasteiger partial charge in [-0.1, -0.05) is 133 Å². The minimum absolute atomic E-state index is 0.107. The number of imidazole rings is 1. The predicted octanol–water partition coefficient (Wildman–Crippen LogP) is 11.3. The Labute approximate surface area is 291 Å². The van der Waals surface area contributed by atoms with Crippen molar-refractivity contribution in [3.05, 3.63) is 182 Å². The lowest BCUT2D eigenvalue weighted by atomic mass is 9.94. The predicted molar refractivity (Wildman–Crippen MR) is 201 cm³/mol. The van der Waals surface area contributed by atoms with E-state index < -0.39 is 18.1 Å². The van der Waals surface area contributed by atoms with E-state index in [4.69, 9.17) is 21.8 Å². The lowest BCUT2D eigenvalue weighted by molar-refractivity contribution is 1.19. The zero-order valence-corrected chi connectivity index (χ0v) is 26.2. The fraction of sp³-hybridized carbons (Fsp3) is 0. The Balaban J connectivity index is 1.29. The van der Waals surface area contributed by atoms with Gasteiger partial charge in [-0.05, 0) is 64.7 Å². The second-order valence-corrected chi connectivity index (χ2v) is 11.8. The van der Waals surface area contributed by atoms with Crippen molar-refractivity contribution in [2.45, 2.75) is 0 Å². The third kappa shape index (κ3) is 5.35. The van der Waals surface area contributed by atoms with Crippen molar-refractivity contribution in [1.29, 1.82) is 0 Å². The van der Waals surface area contributed by atoms with Crippen LogP contribution in [0.15, 0.2) is 182 Å². The number of hydrogen-bond acceptors (Lipinski definition) is 3. The lowest BCUT2D eigenvalue weighted by Gasteiger charge is -2.13. The van der Waals surface area contributed by atoms with Crippen LogP contribution >= 0.6 is 0 Å². The van der Waals surface area contributed by atoms with Gasteiger partial charge in [0.15, 0.2) is 5.82 Å². The number of benzene rings is 6. The first-order valence-corrected chi connectivity index (χ1v) is 16.0. The quantitative estimate of drug-likeness (QED) is 0.183. The van der Waals surface area contributed by atoms with Crippen LogP contribution in [0.3, 0.4) is 0 Å². The molecule has 3 aromatic heterocycles. The standard InChI is InChI=1S/C45H30N4/c1-4-15-31(16-5-1)36-28-37(30-38(29-36)45-46-40-24-11-10-23-39(40)42(48-45)32-17-6-2-7-18-32)34-21-14-22-35(27-34)43-44(33-19-8-3-9-20-33)49-26-13-12-25-41(49)47-43/h1-30H/i1D,4D,5D,15D,16D. The number of aromatic nitrogens is 4. The molecular formula is C45H30N4. The molecule has 9 aromatic rings. The zero-order chi connectivity index (χ0) is 36.9. The largest absolute Gasteiger partial charge is 0.299 e. The van der Waals surface area contributed by atoms with Crippen LogP contribution in [-0.2, 0) is 0 Å². The average molecular weight is 632 g/mol. The maximum absolute atomic E-state index is 8.87. The van der Waals surface area contributed by atoms with E-state index in [2.05, 4.69) is 22.6 Å². The van der Waals surface area contributed by atoms with Gasteiger partial charge < -0.3 is 0 Å². The van der Waals surface area contributed by atoms with E-state index in [1.54, 1.807) is 0 Å². The van der Waals surface area contributed by atoms with Crippen LogP contribution in [0, 0.1) is 0 Å². The molecule has 4 heteroatoms. The van der Waals surface area contributed by atoms with Crippen molar-refractivity contribution >= 4 is 16.6 Å². The summed E-state index contributed by atoms with van der Waals surface area (Å²) in [6.07, 6.45) is 2.02. The highest BCUT2D eigenvalue weighted by Gasteiger charge is 2.18. The molecule has 0 unspecified atom stereocenters. The van der Waals surface area contributed by atoms with Crippen LogP contribution < -0.4 is 0 Å². The zero-order valence-electron chi connectivity index (χ0n) is 31.2. The van der Waals surface area contributed by atoms with Crippen molar-refractivity contribution in [3.8, 4) is 67.4 Å². The number of pyridine rings is 1. The monoisotopic (exact) mass is 631 g/mol. The lowest BCUT2D eigenvalue weighted by Crippen LogP contribution is -1.96. The van der Waals surface area contributed by atoms with E-state index in [0.29, 0.717) is 17.0 Å². The molecule has 49 heavy (non-hydrogen) atoms. The van der Waals surface area contributed by atoms with E-state index >= 15 is 0 Å². The summed E-state index contributed by atoms with van der Waals surface area (Å²) in [7, 11) is 0. The van der Waals surface area contributed by atoms with Crippen molar-refractivity contribution in [3.63, 3.8) is 0 Å². The smallest absolute Gasteiger partial charge is 0.160 e. The maximum Gasteiger partial charge on any atom is 0.160 e. The molecule has 0 amide bonds. The van der Waals surface area contributed by atoms with Crippen LogP contribution in [0.2, 0.25) is 0 Å². The topological polar surface area (TPSA) is 43.1 Å². The molecule has 0 spiro atoms. The molecule has 0 saturated heterocycles. The SMILES string of the molecule is [2H]c1c([2H])c([2H])c(-c2cc(-c3cccc(-c4nc5ccccn5c4-c4ccccc4)c3)cc(-c3nc(-c4ccccc4)c4ccccc4n3)c2)c([2H])c1[2H]. The Bertz CT molecular complexity index is 2860. The van der Waals surface area contributed by atoms with E-state index in [-0.39, 0.29) is 17.6 Å². The van der Waals surface area contributed by atoms with Crippen molar-refractivity contribution in [1.82, 2.24) is 19.4 Å². The Kier molecular flexibility index (Phi) is 5.87. The molecule has 0 atom stereocenters. The Hall–Kier alpha value is -6.65. The number of nitrogens with zero attached hydrogens (tertiary/aromatic N) is 4. The Morgan fingerprint density at radius 1 is 0.429 bits per heavy atom. The van der Waals surface area contributed by atoms with E-state index in [1.807, 2.05) is 134 Å². The number of fused-ring (bicyclic) bond motifs is 2. The van der Waals surface area contributed by atoms with Gasteiger partial charge in [-0.15, -0.1) is 0 Å². The summed E-state index contributed by atoms with van der Waals surface area (Å²) >= 11 is 0. The van der Waals surface area contributed by atoms with Gasteiger partial charge in [-0.25, -0.2) is 15.0 Å². The summed E-state index contributed by atoms with van der Waals surface area (Å²) < 4.78 is 45.0. The maximum atomic E-state index is 8.87. The molecule has 9 rings (SSSR count). The van der Waals surface area contributed by atoms with Crippen molar-refractivity contribution in [2.24, 2.45) is 0 Å². The third-order valence-electron chi connectivity index (χ3n) is 8.68. The fourth-order valence-corrected chi connectivity index (χ4v) is 6.40. The van der Waals surface area contributed by atoms with Gasteiger partial charge >= 0.3 is 0 Å².